The third-order valence-electron chi connectivity index (χ3n) is 3.65. The molecule has 1 saturated carbocycles. The molecule has 0 saturated heterocycles. The molecule has 0 heterocycles. The van der Waals surface area contributed by atoms with Gasteiger partial charge < -0.3 is 5.32 Å². The van der Waals surface area contributed by atoms with Gasteiger partial charge in [-0.05, 0) is 49.4 Å². The molecular weight excluding hydrogens is 309 g/mol. The van der Waals surface area contributed by atoms with Gasteiger partial charge in [0.1, 0.15) is 5.82 Å². The molecule has 0 aromatic heterocycles. The van der Waals surface area contributed by atoms with Crippen LogP contribution in [0.5, 0.6) is 0 Å². The Hall–Kier alpha value is -0.900. The Bertz CT molecular complexity index is 443. The molecule has 0 bridgehead atoms. The lowest BCUT2D eigenvalue weighted by Crippen LogP contribution is -2.34. The van der Waals surface area contributed by atoms with Gasteiger partial charge in [0, 0.05) is 16.9 Å². The van der Waals surface area contributed by atoms with Crippen LogP contribution in [-0.2, 0) is 0 Å². The fraction of sp³-hybridized carbons (Fsp3) is 0.533. The van der Waals surface area contributed by atoms with E-state index in [9.17, 15) is 9.18 Å². The average Bonchev–Trinajstić information content (AvgIpc) is 2.36. The summed E-state index contributed by atoms with van der Waals surface area (Å²) in [7, 11) is 0. The highest BCUT2D eigenvalue weighted by atomic mass is 79.9. The molecule has 1 aromatic rings. The fourth-order valence-electron chi connectivity index (χ4n) is 2.59. The van der Waals surface area contributed by atoms with Crippen LogP contribution in [0.1, 0.15) is 41.6 Å². The second-order valence-corrected chi connectivity index (χ2v) is 6.46. The Morgan fingerprint density at radius 3 is 2.79 bits per heavy atom. The minimum Gasteiger partial charge on any atom is -0.352 e. The minimum absolute atomic E-state index is 0.187. The van der Waals surface area contributed by atoms with Crippen molar-refractivity contribution in [3.63, 3.8) is 0 Å². The summed E-state index contributed by atoms with van der Waals surface area (Å²) in [5, 5.41) is 2.92. The maximum Gasteiger partial charge on any atom is 0.251 e. The van der Waals surface area contributed by atoms with Gasteiger partial charge in [0.05, 0.1) is 0 Å². The zero-order chi connectivity index (χ0) is 13.8. The zero-order valence-corrected chi connectivity index (χ0v) is 12.7. The number of aryl methyl sites for hydroxylation is 1. The van der Waals surface area contributed by atoms with E-state index in [-0.39, 0.29) is 11.7 Å². The maximum absolute atomic E-state index is 13.3. The molecular formula is C15H19BrFNO. The van der Waals surface area contributed by atoms with E-state index in [0.29, 0.717) is 22.9 Å². The standard InChI is InChI=1S/C15H19BrFNO/c1-10-6-12(8-13(17)7-10)15(19)18-9-11-4-2-3-5-14(11)16/h6-8,11,14H,2-5,9H2,1H3,(H,18,19). The van der Waals surface area contributed by atoms with Crippen LogP contribution in [0.15, 0.2) is 18.2 Å². The number of benzene rings is 1. The van der Waals surface area contributed by atoms with Crippen molar-refractivity contribution >= 4 is 21.8 Å². The number of amides is 1. The number of alkyl halides is 1. The summed E-state index contributed by atoms with van der Waals surface area (Å²) < 4.78 is 13.3. The third kappa shape index (κ3) is 4.03. The van der Waals surface area contributed by atoms with Crippen LogP contribution in [0.4, 0.5) is 4.39 Å². The largest absolute Gasteiger partial charge is 0.352 e. The highest BCUT2D eigenvalue weighted by Gasteiger charge is 2.23. The number of rotatable bonds is 3. The SMILES string of the molecule is Cc1cc(F)cc(C(=O)NCC2CCCCC2Br)c1. The van der Waals surface area contributed by atoms with Gasteiger partial charge in [-0.1, -0.05) is 28.8 Å². The zero-order valence-electron chi connectivity index (χ0n) is 11.1. The lowest BCUT2D eigenvalue weighted by Gasteiger charge is -2.27. The number of hydrogen-bond donors (Lipinski definition) is 1. The highest BCUT2D eigenvalue weighted by Crippen LogP contribution is 2.29. The second kappa shape index (κ2) is 6.51. The Labute approximate surface area is 121 Å². The molecule has 1 N–H and O–H groups in total. The van der Waals surface area contributed by atoms with Gasteiger partial charge >= 0.3 is 0 Å². The molecule has 104 valence electrons. The van der Waals surface area contributed by atoms with Crippen molar-refractivity contribution in [3.05, 3.63) is 35.1 Å². The van der Waals surface area contributed by atoms with Crippen molar-refractivity contribution in [3.8, 4) is 0 Å². The predicted molar refractivity (Wildman–Crippen MR) is 78.1 cm³/mol. The lowest BCUT2D eigenvalue weighted by molar-refractivity contribution is 0.0944. The molecule has 2 unspecified atom stereocenters. The van der Waals surface area contributed by atoms with Crippen LogP contribution in [0.3, 0.4) is 0 Å². The third-order valence-corrected chi connectivity index (χ3v) is 4.85. The predicted octanol–water partition coefficient (Wildman–Crippen LogP) is 3.82. The van der Waals surface area contributed by atoms with Crippen molar-refractivity contribution in [1.29, 1.82) is 0 Å². The smallest absolute Gasteiger partial charge is 0.251 e. The summed E-state index contributed by atoms with van der Waals surface area (Å²) in [6, 6.07) is 4.42. The van der Waals surface area contributed by atoms with Crippen LogP contribution in [0, 0.1) is 18.7 Å². The summed E-state index contributed by atoms with van der Waals surface area (Å²) >= 11 is 3.67. The molecule has 0 radical (unpaired) electrons. The van der Waals surface area contributed by atoms with Crippen molar-refractivity contribution < 1.29 is 9.18 Å². The number of hydrogen-bond acceptors (Lipinski definition) is 1. The van der Waals surface area contributed by atoms with Crippen molar-refractivity contribution in [2.24, 2.45) is 5.92 Å². The van der Waals surface area contributed by atoms with E-state index >= 15 is 0 Å². The first kappa shape index (κ1) is 14.5. The topological polar surface area (TPSA) is 29.1 Å². The molecule has 1 fully saturated rings. The van der Waals surface area contributed by atoms with Gasteiger partial charge in [-0.15, -0.1) is 0 Å². The van der Waals surface area contributed by atoms with Gasteiger partial charge in [0.2, 0.25) is 0 Å². The quantitative estimate of drug-likeness (QED) is 0.840. The molecule has 0 spiro atoms. The van der Waals surface area contributed by atoms with Crippen molar-refractivity contribution in [2.45, 2.75) is 37.4 Å². The monoisotopic (exact) mass is 327 g/mol. The fourth-order valence-corrected chi connectivity index (χ4v) is 3.36. The summed E-state index contributed by atoms with van der Waals surface area (Å²) in [4.78, 5) is 12.5. The van der Waals surface area contributed by atoms with Gasteiger partial charge in [-0.25, -0.2) is 4.39 Å². The summed E-state index contributed by atoms with van der Waals surface area (Å²) in [6.07, 6.45) is 4.78. The van der Waals surface area contributed by atoms with Crippen LogP contribution in [0.25, 0.3) is 0 Å². The first-order chi connectivity index (χ1) is 9.06. The molecule has 1 amide bonds. The molecule has 2 nitrogen and oxygen atoms in total. The first-order valence-corrected chi connectivity index (χ1v) is 7.67. The number of carbonyl (C=O) groups is 1. The van der Waals surface area contributed by atoms with Gasteiger partial charge in [0.15, 0.2) is 0 Å². The van der Waals surface area contributed by atoms with E-state index in [4.69, 9.17) is 0 Å². The molecule has 1 aliphatic carbocycles. The van der Waals surface area contributed by atoms with Crippen molar-refractivity contribution in [2.75, 3.05) is 6.54 Å². The molecule has 2 rings (SSSR count). The molecule has 0 aliphatic heterocycles. The van der Waals surface area contributed by atoms with E-state index in [1.54, 1.807) is 13.0 Å². The Kier molecular flexibility index (Phi) is 4.97. The maximum atomic E-state index is 13.3. The molecule has 4 heteroatoms. The highest BCUT2D eigenvalue weighted by molar-refractivity contribution is 9.09. The van der Waals surface area contributed by atoms with E-state index in [1.165, 1.54) is 31.4 Å². The van der Waals surface area contributed by atoms with Gasteiger partial charge in [-0.2, -0.15) is 0 Å². The number of halogens is 2. The normalized spacial score (nSPS) is 23.1. The second-order valence-electron chi connectivity index (χ2n) is 5.29. The van der Waals surface area contributed by atoms with Gasteiger partial charge in [0.25, 0.3) is 5.91 Å². The van der Waals surface area contributed by atoms with Gasteiger partial charge in [-0.3, -0.25) is 4.79 Å². The van der Waals surface area contributed by atoms with Crippen LogP contribution in [0.2, 0.25) is 0 Å². The van der Waals surface area contributed by atoms with E-state index in [1.807, 2.05) is 0 Å². The Balaban J connectivity index is 1.93. The number of carbonyl (C=O) groups excluding carboxylic acids is 1. The summed E-state index contributed by atoms with van der Waals surface area (Å²) in [5.74, 6) is -0.0681. The van der Waals surface area contributed by atoms with Crippen LogP contribution < -0.4 is 5.32 Å². The summed E-state index contributed by atoms with van der Waals surface area (Å²) in [6.45, 7) is 2.44. The first-order valence-electron chi connectivity index (χ1n) is 6.76. The molecule has 1 aromatic carbocycles. The molecule has 2 atom stereocenters. The van der Waals surface area contributed by atoms with Crippen LogP contribution >= 0.6 is 15.9 Å². The Morgan fingerprint density at radius 1 is 1.37 bits per heavy atom. The van der Waals surface area contributed by atoms with E-state index in [2.05, 4.69) is 21.2 Å². The van der Waals surface area contributed by atoms with E-state index in [0.717, 1.165) is 12.0 Å². The number of nitrogens with one attached hydrogen (secondary N) is 1. The van der Waals surface area contributed by atoms with Crippen LogP contribution in [-0.4, -0.2) is 17.3 Å². The lowest BCUT2D eigenvalue weighted by atomic mass is 9.89. The summed E-state index contributed by atoms with van der Waals surface area (Å²) in [5.41, 5.74) is 1.17. The van der Waals surface area contributed by atoms with E-state index < -0.39 is 0 Å². The average molecular weight is 328 g/mol. The van der Waals surface area contributed by atoms with Crippen molar-refractivity contribution in [1.82, 2.24) is 5.32 Å². The molecule has 1 aliphatic rings. The minimum atomic E-state index is -0.360. The Morgan fingerprint density at radius 2 is 2.11 bits per heavy atom. The molecule has 19 heavy (non-hydrogen) atoms.